The number of nitrogens with one attached hydrogen (secondary N) is 1. The zero-order chi connectivity index (χ0) is 17.1. The molecule has 26 heavy (non-hydrogen) atoms. The number of carbonyl (C=O) groups is 1. The third-order valence-corrected chi connectivity index (χ3v) is 5.59. The van der Waals surface area contributed by atoms with Crippen molar-refractivity contribution in [3.05, 3.63) is 66.2 Å². The molecule has 0 aromatic heterocycles. The van der Waals surface area contributed by atoms with Gasteiger partial charge in [0.15, 0.2) is 0 Å². The standard InChI is InChI=1S/C22H26N2O.ClH/c25-22(15-18-13-19-11-12-20(14-18)23-19)24(21-9-5-2-6-10-21)16-17-7-3-1-4-8-17;/h1-10,18-20,23H,11-16H2;1H. The molecular formula is C22H27ClN2O. The fourth-order valence-electron chi connectivity index (χ4n) is 4.40. The molecular weight excluding hydrogens is 344 g/mol. The first-order valence-corrected chi connectivity index (χ1v) is 9.43. The van der Waals surface area contributed by atoms with Crippen LogP contribution in [0, 0.1) is 5.92 Å². The highest BCUT2D eigenvalue weighted by atomic mass is 35.5. The van der Waals surface area contributed by atoms with Gasteiger partial charge in [-0.25, -0.2) is 0 Å². The number of hydrogen-bond donors (Lipinski definition) is 1. The summed E-state index contributed by atoms with van der Waals surface area (Å²) in [4.78, 5) is 15.1. The SMILES string of the molecule is Cl.O=C(CC1CC2CCC(C1)N2)N(Cc1ccccc1)c1ccccc1. The Morgan fingerprint density at radius 1 is 0.923 bits per heavy atom. The van der Waals surface area contributed by atoms with E-state index in [1.165, 1.54) is 18.4 Å². The van der Waals surface area contributed by atoms with Crippen molar-refractivity contribution in [3.8, 4) is 0 Å². The fraction of sp³-hybridized carbons (Fsp3) is 0.409. The van der Waals surface area contributed by atoms with Crippen molar-refractivity contribution >= 4 is 24.0 Å². The second kappa shape index (κ2) is 8.70. The van der Waals surface area contributed by atoms with Gasteiger partial charge >= 0.3 is 0 Å². The zero-order valence-corrected chi connectivity index (χ0v) is 15.8. The summed E-state index contributed by atoms with van der Waals surface area (Å²) >= 11 is 0. The Kier molecular flexibility index (Phi) is 6.33. The largest absolute Gasteiger partial charge is 0.311 e. The Morgan fingerprint density at radius 2 is 1.50 bits per heavy atom. The van der Waals surface area contributed by atoms with Crippen molar-refractivity contribution in [1.29, 1.82) is 0 Å². The van der Waals surface area contributed by atoms with Crippen LogP contribution in [0.1, 0.15) is 37.7 Å². The van der Waals surface area contributed by atoms with Gasteiger partial charge in [0.1, 0.15) is 0 Å². The van der Waals surface area contributed by atoms with E-state index in [0.717, 1.165) is 18.5 Å². The van der Waals surface area contributed by atoms with Crippen molar-refractivity contribution in [1.82, 2.24) is 5.32 Å². The van der Waals surface area contributed by atoms with Gasteiger partial charge in [0.05, 0.1) is 6.54 Å². The van der Waals surface area contributed by atoms with Gasteiger partial charge < -0.3 is 10.2 Å². The number of benzene rings is 2. The first kappa shape index (κ1) is 18.9. The highest BCUT2D eigenvalue weighted by Crippen LogP contribution is 2.33. The normalized spacial score (nSPS) is 23.9. The highest BCUT2D eigenvalue weighted by Gasteiger charge is 2.35. The van der Waals surface area contributed by atoms with E-state index in [-0.39, 0.29) is 18.3 Å². The Bertz CT molecular complexity index is 695. The maximum Gasteiger partial charge on any atom is 0.227 e. The van der Waals surface area contributed by atoms with Gasteiger partial charge in [-0.2, -0.15) is 0 Å². The molecule has 2 aliphatic rings. The van der Waals surface area contributed by atoms with E-state index in [1.54, 1.807) is 0 Å². The molecule has 138 valence electrons. The van der Waals surface area contributed by atoms with E-state index < -0.39 is 0 Å². The summed E-state index contributed by atoms with van der Waals surface area (Å²) in [5, 5.41) is 3.67. The van der Waals surface area contributed by atoms with Gasteiger partial charge in [-0.3, -0.25) is 4.79 Å². The van der Waals surface area contributed by atoms with Crippen molar-refractivity contribution in [2.75, 3.05) is 4.90 Å². The number of rotatable bonds is 5. The van der Waals surface area contributed by atoms with Crippen LogP contribution in [0.2, 0.25) is 0 Å². The molecule has 2 aromatic carbocycles. The number of anilines is 1. The number of fused-ring (bicyclic) bond motifs is 2. The molecule has 3 nitrogen and oxygen atoms in total. The molecule has 4 heteroatoms. The van der Waals surface area contributed by atoms with Crippen molar-refractivity contribution < 1.29 is 4.79 Å². The average Bonchev–Trinajstić information content (AvgIpc) is 2.99. The van der Waals surface area contributed by atoms with E-state index in [0.29, 0.717) is 31.0 Å². The average molecular weight is 371 g/mol. The number of nitrogens with zero attached hydrogens (tertiary/aromatic N) is 1. The van der Waals surface area contributed by atoms with E-state index in [9.17, 15) is 4.79 Å². The molecule has 4 rings (SSSR count). The Morgan fingerprint density at radius 3 is 2.12 bits per heavy atom. The van der Waals surface area contributed by atoms with Crippen LogP contribution in [-0.4, -0.2) is 18.0 Å². The number of hydrogen-bond acceptors (Lipinski definition) is 2. The first-order chi connectivity index (χ1) is 12.3. The molecule has 2 fully saturated rings. The second-order valence-corrected chi connectivity index (χ2v) is 7.48. The van der Waals surface area contributed by atoms with Crippen LogP contribution in [0.25, 0.3) is 0 Å². The summed E-state index contributed by atoms with van der Waals surface area (Å²) in [5.41, 5.74) is 2.17. The quantitative estimate of drug-likeness (QED) is 0.836. The first-order valence-electron chi connectivity index (χ1n) is 9.43. The molecule has 0 radical (unpaired) electrons. The lowest BCUT2D eigenvalue weighted by atomic mass is 9.89. The number of para-hydroxylation sites is 1. The van der Waals surface area contributed by atoms with Crippen LogP contribution in [0.15, 0.2) is 60.7 Å². The zero-order valence-electron chi connectivity index (χ0n) is 15.0. The number of carbonyl (C=O) groups excluding carboxylic acids is 1. The van der Waals surface area contributed by atoms with Crippen LogP contribution < -0.4 is 10.2 Å². The minimum atomic E-state index is 0. The summed E-state index contributed by atoms with van der Waals surface area (Å²) in [7, 11) is 0. The summed E-state index contributed by atoms with van der Waals surface area (Å²) < 4.78 is 0. The third-order valence-electron chi connectivity index (χ3n) is 5.59. The summed E-state index contributed by atoms with van der Waals surface area (Å²) in [5.74, 6) is 0.773. The lowest BCUT2D eigenvalue weighted by Gasteiger charge is -2.31. The molecule has 2 saturated heterocycles. The number of halogens is 1. The molecule has 0 spiro atoms. The second-order valence-electron chi connectivity index (χ2n) is 7.48. The van der Waals surface area contributed by atoms with Crippen LogP contribution in [-0.2, 0) is 11.3 Å². The lowest BCUT2D eigenvalue weighted by Crippen LogP contribution is -2.40. The molecule has 0 aliphatic carbocycles. The topological polar surface area (TPSA) is 32.3 Å². The predicted molar refractivity (Wildman–Crippen MR) is 109 cm³/mol. The Hall–Kier alpha value is -1.84. The van der Waals surface area contributed by atoms with Crippen LogP contribution in [0.3, 0.4) is 0 Å². The smallest absolute Gasteiger partial charge is 0.227 e. The van der Waals surface area contributed by atoms with E-state index in [4.69, 9.17) is 0 Å². The molecule has 0 saturated carbocycles. The monoisotopic (exact) mass is 370 g/mol. The summed E-state index contributed by atoms with van der Waals surface area (Å²) in [6, 6.07) is 21.6. The molecule has 2 aliphatic heterocycles. The number of amides is 1. The minimum Gasteiger partial charge on any atom is -0.311 e. The fourth-order valence-corrected chi connectivity index (χ4v) is 4.40. The van der Waals surface area contributed by atoms with Gasteiger partial charge in [-0.15, -0.1) is 12.4 Å². The molecule has 2 atom stereocenters. The molecule has 1 N–H and O–H groups in total. The molecule has 2 heterocycles. The molecule has 2 bridgehead atoms. The van der Waals surface area contributed by atoms with Crippen LogP contribution >= 0.6 is 12.4 Å². The lowest BCUT2D eigenvalue weighted by molar-refractivity contribution is -0.119. The Labute approximate surface area is 162 Å². The van der Waals surface area contributed by atoms with E-state index in [1.807, 2.05) is 53.4 Å². The van der Waals surface area contributed by atoms with Crippen molar-refractivity contribution in [3.63, 3.8) is 0 Å². The Balaban J connectivity index is 0.00000196. The van der Waals surface area contributed by atoms with Gasteiger partial charge in [-0.1, -0.05) is 48.5 Å². The van der Waals surface area contributed by atoms with Gasteiger partial charge in [0.2, 0.25) is 5.91 Å². The number of piperidine rings is 1. The van der Waals surface area contributed by atoms with Crippen molar-refractivity contribution in [2.24, 2.45) is 5.92 Å². The molecule has 2 unspecified atom stereocenters. The highest BCUT2D eigenvalue weighted by molar-refractivity contribution is 5.93. The van der Waals surface area contributed by atoms with Crippen LogP contribution in [0.5, 0.6) is 0 Å². The predicted octanol–water partition coefficient (Wildman–Crippen LogP) is 4.56. The minimum absolute atomic E-state index is 0. The van der Waals surface area contributed by atoms with E-state index >= 15 is 0 Å². The summed E-state index contributed by atoms with van der Waals surface area (Å²) in [6.07, 6.45) is 5.52. The van der Waals surface area contributed by atoms with Crippen molar-refractivity contribution in [2.45, 2.75) is 50.7 Å². The van der Waals surface area contributed by atoms with Crippen LogP contribution in [0.4, 0.5) is 5.69 Å². The maximum atomic E-state index is 13.2. The molecule has 1 amide bonds. The molecule has 2 aromatic rings. The van der Waals surface area contributed by atoms with Gasteiger partial charge in [0.25, 0.3) is 0 Å². The van der Waals surface area contributed by atoms with Gasteiger partial charge in [-0.05, 0) is 49.3 Å². The van der Waals surface area contributed by atoms with E-state index in [2.05, 4.69) is 17.4 Å². The third kappa shape index (κ3) is 4.46. The summed E-state index contributed by atoms with van der Waals surface area (Å²) in [6.45, 7) is 0.640. The maximum absolute atomic E-state index is 13.2. The van der Waals surface area contributed by atoms with Gasteiger partial charge in [0, 0.05) is 24.2 Å².